The molecule has 1 aromatic rings. The maximum Gasteiger partial charge on any atom is 0.320 e. The molecule has 0 saturated carbocycles. The Morgan fingerprint density at radius 3 is 2.47 bits per heavy atom. The fourth-order valence-corrected chi connectivity index (χ4v) is 1.27. The number of nitrogens with two attached hydrogens (primary N) is 1. The molecular weight excluding hydrogens is 198 g/mol. The number of rotatable bonds is 3. The SMILES string of the molecule is Cc1cc(O)c(O)cc1C[C@H](N)C(=O)O. The highest BCUT2D eigenvalue weighted by Crippen LogP contribution is 2.28. The Morgan fingerprint density at radius 2 is 1.93 bits per heavy atom. The molecule has 0 amide bonds. The Hall–Kier alpha value is -1.75. The summed E-state index contributed by atoms with van der Waals surface area (Å²) >= 11 is 0. The molecule has 5 N–H and O–H groups in total. The second-order valence-electron chi connectivity index (χ2n) is 3.42. The van der Waals surface area contributed by atoms with E-state index in [-0.39, 0.29) is 17.9 Å². The average molecular weight is 211 g/mol. The average Bonchev–Trinajstić information content (AvgIpc) is 2.13. The van der Waals surface area contributed by atoms with Crippen molar-refractivity contribution in [2.24, 2.45) is 5.73 Å². The van der Waals surface area contributed by atoms with Crippen LogP contribution in [-0.4, -0.2) is 27.3 Å². The van der Waals surface area contributed by atoms with E-state index < -0.39 is 12.0 Å². The fourth-order valence-electron chi connectivity index (χ4n) is 1.27. The molecule has 0 radical (unpaired) electrons. The number of phenols is 2. The first-order chi connectivity index (χ1) is 6.91. The Balaban J connectivity index is 2.95. The smallest absolute Gasteiger partial charge is 0.320 e. The summed E-state index contributed by atoms with van der Waals surface area (Å²) in [5, 5.41) is 27.0. The van der Waals surface area contributed by atoms with Crippen LogP contribution in [0.4, 0.5) is 0 Å². The molecular formula is C10H13NO4. The highest BCUT2D eigenvalue weighted by atomic mass is 16.4. The molecule has 0 aromatic heterocycles. The third-order valence-electron chi connectivity index (χ3n) is 2.19. The monoisotopic (exact) mass is 211 g/mol. The van der Waals surface area contributed by atoms with Crippen molar-refractivity contribution in [3.05, 3.63) is 23.3 Å². The van der Waals surface area contributed by atoms with E-state index >= 15 is 0 Å². The molecule has 0 spiro atoms. The van der Waals surface area contributed by atoms with Crippen molar-refractivity contribution >= 4 is 5.97 Å². The van der Waals surface area contributed by atoms with Gasteiger partial charge in [0, 0.05) is 0 Å². The largest absolute Gasteiger partial charge is 0.504 e. The molecule has 0 heterocycles. The zero-order chi connectivity index (χ0) is 11.6. The maximum atomic E-state index is 10.5. The van der Waals surface area contributed by atoms with Crippen LogP contribution in [0.25, 0.3) is 0 Å². The van der Waals surface area contributed by atoms with E-state index in [0.717, 1.165) is 0 Å². The number of aryl methyl sites for hydroxylation is 1. The molecule has 15 heavy (non-hydrogen) atoms. The van der Waals surface area contributed by atoms with Crippen LogP contribution in [0.2, 0.25) is 0 Å². The summed E-state index contributed by atoms with van der Waals surface area (Å²) in [6, 6.07) is 1.69. The van der Waals surface area contributed by atoms with Gasteiger partial charge in [0.25, 0.3) is 0 Å². The van der Waals surface area contributed by atoms with Gasteiger partial charge >= 0.3 is 5.97 Å². The Kier molecular flexibility index (Phi) is 3.16. The van der Waals surface area contributed by atoms with Gasteiger partial charge in [-0.3, -0.25) is 4.79 Å². The summed E-state index contributed by atoms with van der Waals surface area (Å²) in [6.45, 7) is 1.71. The molecule has 0 saturated heterocycles. The van der Waals surface area contributed by atoms with Crippen molar-refractivity contribution in [1.82, 2.24) is 0 Å². The van der Waals surface area contributed by atoms with E-state index in [0.29, 0.717) is 11.1 Å². The molecule has 1 atom stereocenters. The van der Waals surface area contributed by atoms with Crippen LogP contribution in [0, 0.1) is 6.92 Å². The summed E-state index contributed by atoms with van der Waals surface area (Å²) in [6.07, 6.45) is 0.120. The van der Waals surface area contributed by atoms with Gasteiger partial charge in [0.1, 0.15) is 6.04 Å². The van der Waals surface area contributed by atoms with E-state index in [1.807, 2.05) is 0 Å². The van der Waals surface area contributed by atoms with Crippen molar-refractivity contribution in [2.45, 2.75) is 19.4 Å². The van der Waals surface area contributed by atoms with E-state index in [9.17, 15) is 15.0 Å². The molecule has 0 unspecified atom stereocenters. The topological polar surface area (TPSA) is 104 Å². The van der Waals surface area contributed by atoms with Crippen LogP contribution in [0.3, 0.4) is 0 Å². The molecule has 0 bridgehead atoms. The van der Waals surface area contributed by atoms with E-state index in [4.69, 9.17) is 10.8 Å². The van der Waals surface area contributed by atoms with Crippen LogP contribution in [-0.2, 0) is 11.2 Å². The molecule has 0 aliphatic carbocycles. The Bertz CT molecular complexity index is 389. The number of aliphatic carboxylic acids is 1. The van der Waals surface area contributed by atoms with Crippen LogP contribution >= 0.6 is 0 Å². The lowest BCUT2D eigenvalue weighted by Gasteiger charge is -2.10. The van der Waals surface area contributed by atoms with E-state index in [1.54, 1.807) is 6.92 Å². The molecule has 1 rings (SSSR count). The van der Waals surface area contributed by atoms with Gasteiger partial charge in [-0.2, -0.15) is 0 Å². The van der Waals surface area contributed by atoms with E-state index in [1.165, 1.54) is 12.1 Å². The standard InChI is InChI=1S/C10H13NO4/c1-5-2-8(12)9(13)4-6(5)3-7(11)10(14)15/h2,4,7,12-13H,3,11H2,1H3,(H,14,15)/t7-/m0/s1. The zero-order valence-corrected chi connectivity index (χ0v) is 8.27. The summed E-state index contributed by atoms with van der Waals surface area (Å²) in [5.41, 5.74) is 6.67. The number of hydrogen-bond acceptors (Lipinski definition) is 4. The lowest BCUT2D eigenvalue weighted by molar-refractivity contribution is -0.138. The van der Waals surface area contributed by atoms with Gasteiger partial charge in [-0.1, -0.05) is 0 Å². The second-order valence-corrected chi connectivity index (χ2v) is 3.42. The van der Waals surface area contributed by atoms with Gasteiger partial charge in [0.15, 0.2) is 11.5 Å². The summed E-state index contributed by atoms with van der Waals surface area (Å²) in [4.78, 5) is 10.5. The van der Waals surface area contributed by atoms with Gasteiger partial charge < -0.3 is 21.1 Å². The number of aromatic hydroxyl groups is 2. The molecule has 0 aliphatic rings. The fraction of sp³-hybridized carbons (Fsp3) is 0.300. The molecule has 0 fully saturated rings. The normalized spacial score (nSPS) is 12.4. The minimum absolute atomic E-state index is 0.120. The van der Waals surface area contributed by atoms with Crippen molar-refractivity contribution in [3.8, 4) is 11.5 Å². The molecule has 5 heteroatoms. The predicted octanol–water partition coefficient (Wildman–Crippen LogP) is 0.361. The van der Waals surface area contributed by atoms with E-state index in [2.05, 4.69) is 0 Å². The van der Waals surface area contributed by atoms with Crippen LogP contribution < -0.4 is 5.73 Å². The van der Waals surface area contributed by atoms with Gasteiger partial charge in [0.2, 0.25) is 0 Å². The predicted molar refractivity (Wildman–Crippen MR) is 53.8 cm³/mol. The summed E-state index contributed by atoms with van der Waals surface area (Å²) in [5.74, 6) is -1.59. The minimum atomic E-state index is -1.10. The van der Waals surface area contributed by atoms with Crippen LogP contribution in [0.5, 0.6) is 11.5 Å². The second kappa shape index (κ2) is 4.18. The lowest BCUT2D eigenvalue weighted by atomic mass is 10.0. The molecule has 1 aromatic carbocycles. The number of phenolic OH excluding ortho intramolecular Hbond substituents is 2. The van der Waals surface area contributed by atoms with Crippen LogP contribution in [0.15, 0.2) is 12.1 Å². The number of hydrogen-bond donors (Lipinski definition) is 4. The number of carbonyl (C=O) groups is 1. The third kappa shape index (κ3) is 2.60. The van der Waals surface area contributed by atoms with Crippen LogP contribution in [0.1, 0.15) is 11.1 Å². The highest BCUT2D eigenvalue weighted by Gasteiger charge is 2.14. The molecule has 5 nitrogen and oxygen atoms in total. The third-order valence-corrected chi connectivity index (χ3v) is 2.19. The highest BCUT2D eigenvalue weighted by molar-refractivity contribution is 5.73. The minimum Gasteiger partial charge on any atom is -0.504 e. The Morgan fingerprint density at radius 1 is 1.40 bits per heavy atom. The summed E-state index contributed by atoms with van der Waals surface area (Å²) < 4.78 is 0. The van der Waals surface area contributed by atoms with Crippen molar-refractivity contribution < 1.29 is 20.1 Å². The zero-order valence-electron chi connectivity index (χ0n) is 8.27. The van der Waals surface area contributed by atoms with Gasteiger partial charge in [-0.05, 0) is 36.6 Å². The maximum absolute atomic E-state index is 10.5. The van der Waals surface area contributed by atoms with Crippen molar-refractivity contribution in [2.75, 3.05) is 0 Å². The van der Waals surface area contributed by atoms with Gasteiger partial charge in [-0.25, -0.2) is 0 Å². The van der Waals surface area contributed by atoms with Gasteiger partial charge in [-0.15, -0.1) is 0 Å². The van der Waals surface area contributed by atoms with Crippen molar-refractivity contribution in [3.63, 3.8) is 0 Å². The quantitative estimate of drug-likeness (QED) is 0.540. The first kappa shape index (κ1) is 11.3. The number of carboxylic acids is 1. The molecule has 82 valence electrons. The van der Waals surface area contributed by atoms with Crippen molar-refractivity contribution in [1.29, 1.82) is 0 Å². The first-order valence-electron chi connectivity index (χ1n) is 4.41. The molecule has 0 aliphatic heterocycles. The number of benzene rings is 1. The lowest BCUT2D eigenvalue weighted by Crippen LogP contribution is -2.32. The van der Waals surface area contributed by atoms with Gasteiger partial charge in [0.05, 0.1) is 0 Å². The first-order valence-corrected chi connectivity index (χ1v) is 4.41. The summed E-state index contributed by atoms with van der Waals surface area (Å²) in [7, 11) is 0. The number of carboxylic acid groups (broad SMARTS) is 1. The Labute approximate surface area is 86.8 Å².